The third-order valence-corrected chi connectivity index (χ3v) is 5.12. The lowest BCUT2D eigenvalue weighted by Crippen LogP contribution is -2.44. The summed E-state index contributed by atoms with van der Waals surface area (Å²) in [5, 5.41) is 0. The van der Waals surface area contributed by atoms with Gasteiger partial charge >= 0.3 is 0 Å². The van der Waals surface area contributed by atoms with E-state index in [1.165, 1.54) is 11.9 Å². The van der Waals surface area contributed by atoms with E-state index < -0.39 is 17.5 Å². The van der Waals surface area contributed by atoms with Crippen molar-refractivity contribution >= 4 is 17.9 Å². The van der Waals surface area contributed by atoms with Crippen LogP contribution in [0.5, 0.6) is 0 Å². The van der Waals surface area contributed by atoms with Crippen molar-refractivity contribution < 1.29 is 18.0 Å². The first-order valence-electron chi connectivity index (χ1n) is 8.35. The van der Waals surface area contributed by atoms with E-state index in [9.17, 15) is 18.0 Å². The number of nitrogens with one attached hydrogen (secondary N) is 1. The van der Waals surface area contributed by atoms with E-state index in [2.05, 4.69) is 4.72 Å². The number of halogens is 3. The van der Waals surface area contributed by atoms with Crippen LogP contribution in [0.2, 0.25) is 0 Å². The number of nitrogens with zero attached hydrogens (tertiary/aromatic N) is 1. The molecule has 1 amide bonds. The third-order valence-electron chi connectivity index (χ3n) is 4.63. The first-order chi connectivity index (χ1) is 11.9. The van der Waals surface area contributed by atoms with E-state index in [0.29, 0.717) is 32.1 Å². The Labute approximate surface area is 150 Å². The summed E-state index contributed by atoms with van der Waals surface area (Å²) in [5.41, 5.74) is 6.25. The van der Waals surface area contributed by atoms with Crippen LogP contribution in [-0.4, -0.2) is 42.7 Å². The Morgan fingerprint density at radius 2 is 1.92 bits per heavy atom. The van der Waals surface area contributed by atoms with Crippen molar-refractivity contribution in [2.24, 2.45) is 11.7 Å². The van der Waals surface area contributed by atoms with E-state index in [1.807, 2.05) is 11.2 Å². The Morgan fingerprint density at radius 3 is 2.56 bits per heavy atom. The molecule has 0 bridgehead atoms. The minimum atomic E-state index is -1.20. The topological polar surface area (TPSA) is 58.4 Å². The van der Waals surface area contributed by atoms with E-state index >= 15 is 0 Å². The van der Waals surface area contributed by atoms with Crippen molar-refractivity contribution in [3.8, 4) is 0 Å². The minimum Gasteiger partial charge on any atom is -0.343 e. The first kappa shape index (κ1) is 20.1. The number of likely N-dealkylation sites (tertiary alicyclic amines) is 1. The molecule has 0 unspecified atom stereocenters. The van der Waals surface area contributed by atoms with Crippen LogP contribution < -0.4 is 10.5 Å². The lowest BCUT2D eigenvalue weighted by atomic mass is 9.86. The molecule has 1 saturated heterocycles. The molecule has 8 heteroatoms. The molecular weight excluding hydrogens is 351 g/mol. The lowest BCUT2D eigenvalue weighted by molar-refractivity contribution is -0.132. The molecule has 140 valence electrons. The molecule has 2 rings (SSSR count). The molecule has 1 aromatic carbocycles. The Morgan fingerprint density at radius 1 is 1.28 bits per heavy atom. The highest BCUT2D eigenvalue weighted by atomic mass is 32.2. The summed E-state index contributed by atoms with van der Waals surface area (Å²) in [6.07, 6.45) is 3.98. The Bertz CT molecular complexity index is 595. The normalized spacial score (nSPS) is 16.9. The average molecular weight is 375 g/mol. The molecule has 0 aromatic heterocycles. The zero-order chi connectivity index (χ0) is 18.4. The molecule has 4 nitrogen and oxygen atoms in total. The molecule has 0 aliphatic carbocycles. The number of amides is 1. The maximum Gasteiger partial charge on any atom is 0.223 e. The molecule has 0 spiro atoms. The number of nitrogens with two attached hydrogens (primary N) is 1. The van der Waals surface area contributed by atoms with Crippen molar-refractivity contribution in [2.45, 2.75) is 31.7 Å². The summed E-state index contributed by atoms with van der Waals surface area (Å²) in [5.74, 6) is -2.80. The number of benzene rings is 1. The number of hydrogen-bond donors (Lipinski definition) is 2. The molecule has 1 fully saturated rings. The standard InChI is InChI=1S/C17H24F3N3OS/c1-25-22-5-2-17(24)23-6-3-11(4-7-23)16(21)9-12-8-14(19)15(20)10-13(12)18/h8,10-11,16,22H,2-7,9,21H2,1H3/t16-/m1/s1. The minimum absolute atomic E-state index is 0.0908. The van der Waals surface area contributed by atoms with Crippen LogP contribution >= 0.6 is 11.9 Å². The van der Waals surface area contributed by atoms with Gasteiger partial charge in [-0.1, -0.05) is 11.9 Å². The second kappa shape index (κ2) is 9.45. The molecule has 25 heavy (non-hydrogen) atoms. The predicted molar refractivity (Wildman–Crippen MR) is 93.4 cm³/mol. The summed E-state index contributed by atoms with van der Waals surface area (Å²) in [6.45, 7) is 1.88. The van der Waals surface area contributed by atoms with Gasteiger partial charge in [0, 0.05) is 38.2 Å². The fourth-order valence-corrected chi connectivity index (χ4v) is 3.44. The summed E-state index contributed by atoms with van der Waals surface area (Å²) in [4.78, 5) is 13.9. The number of hydrogen-bond acceptors (Lipinski definition) is 4. The number of carbonyl (C=O) groups excluding carboxylic acids is 1. The van der Waals surface area contributed by atoms with Crippen LogP contribution in [0.25, 0.3) is 0 Å². The highest BCUT2D eigenvalue weighted by Gasteiger charge is 2.27. The van der Waals surface area contributed by atoms with Crippen molar-refractivity contribution in [1.29, 1.82) is 0 Å². The Kier molecular flexibility index (Phi) is 7.58. The van der Waals surface area contributed by atoms with Crippen molar-refractivity contribution in [1.82, 2.24) is 9.62 Å². The molecule has 1 aromatic rings. The van der Waals surface area contributed by atoms with E-state index in [0.717, 1.165) is 18.9 Å². The smallest absolute Gasteiger partial charge is 0.223 e. The van der Waals surface area contributed by atoms with Gasteiger partial charge in [-0.25, -0.2) is 13.2 Å². The van der Waals surface area contributed by atoms with Crippen molar-refractivity contribution in [2.75, 3.05) is 25.9 Å². The summed E-state index contributed by atoms with van der Waals surface area (Å²) in [7, 11) is 0. The number of carbonyl (C=O) groups is 1. The number of piperidine rings is 1. The van der Waals surface area contributed by atoms with Gasteiger partial charge in [0.2, 0.25) is 5.91 Å². The molecule has 1 aliphatic heterocycles. The van der Waals surface area contributed by atoms with Gasteiger partial charge < -0.3 is 10.6 Å². The SMILES string of the molecule is CSNCCC(=O)N1CCC([C@H](N)Cc2cc(F)c(F)cc2F)CC1. The van der Waals surface area contributed by atoms with E-state index in [-0.39, 0.29) is 29.9 Å². The van der Waals surface area contributed by atoms with Crippen LogP contribution in [0.1, 0.15) is 24.8 Å². The highest BCUT2D eigenvalue weighted by molar-refractivity contribution is 7.96. The van der Waals surface area contributed by atoms with Gasteiger partial charge in [0.1, 0.15) is 5.82 Å². The molecule has 1 aliphatic rings. The predicted octanol–water partition coefficient (Wildman–Crippen LogP) is 2.47. The Hall–Kier alpha value is -1.25. The maximum absolute atomic E-state index is 13.8. The third kappa shape index (κ3) is 5.62. The lowest BCUT2D eigenvalue weighted by Gasteiger charge is -2.35. The molecule has 1 atom stereocenters. The zero-order valence-corrected chi connectivity index (χ0v) is 15.1. The molecule has 0 saturated carbocycles. The van der Waals surface area contributed by atoms with Crippen LogP contribution in [0, 0.1) is 23.4 Å². The van der Waals surface area contributed by atoms with Crippen LogP contribution in [0.15, 0.2) is 12.1 Å². The van der Waals surface area contributed by atoms with Crippen molar-refractivity contribution in [3.63, 3.8) is 0 Å². The fourth-order valence-electron chi connectivity index (χ4n) is 3.14. The average Bonchev–Trinajstić information content (AvgIpc) is 2.60. The summed E-state index contributed by atoms with van der Waals surface area (Å²) >= 11 is 1.48. The zero-order valence-electron chi connectivity index (χ0n) is 14.2. The molecule has 3 N–H and O–H groups in total. The first-order valence-corrected chi connectivity index (χ1v) is 9.57. The monoisotopic (exact) mass is 375 g/mol. The van der Waals surface area contributed by atoms with Gasteiger partial charge in [0.25, 0.3) is 0 Å². The van der Waals surface area contributed by atoms with Gasteiger partial charge in [0.05, 0.1) is 0 Å². The van der Waals surface area contributed by atoms with Crippen LogP contribution in [-0.2, 0) is 11.2 Å². The van der Waals surface area contributed by atoms with Gasteiger partial charge in [0.15, 0.2) is 11.6 Å². The van der Waals surface area contributed by atoms with E-state index in [4.69, 9.17) is 5.73 Å². The van der Waals surface area contributed by atoms with Gasteiger partial charge in [-0.15, -0.1) is 0 Å². The van der Waals surface area contributed by atoms with E-state index in [1.54, 1.807) is 0 Å². The maximum atomic E-state index is 13.8. The van der Waals surface area contributed by atoms with Crippen molar-refractivity contribution in [3.05, 3.63) is 35.1 Å². The van der Waals surface area contributed by atoms with Gasteiger partial charge in [-0.3, -0.25) is 9.52 Å². The Balaban J connectivity index is 1.84. The second-order valence-electron chi connectivity index (χ2n) is 6.29. The van der Waals surface area contributed by atoms with Crippen LogP contribution in [0.3, 0.4) is 0 Å². The molecule has 0 radical (unpaired) electrons. The molecular formula is C17H24F3N3OS. The second-order valence-corrected chi connectivity index (χ2v) is 6.99. The van der Waals surface area contributed by atoms with Crippen LogP contribution in [0.4, 0.5) is 13.2 Å². The van der Waals surface area contributed by atoms with Gasteiger partial charge in [-0.05, 0) is 43.1 Å². The largest absolute Gasteiger partial charge is 0.343 e. The quantitative estimate of drug-likeness (QED) is 0.437. The number of rotatable bonds is 7. The summed E-state index contributed by atoms with van der Waals surface area (Å²) < 4.78 is 43.1. The summed E-state index contributed by atoms with van der Waals surface area (Å²) in [6, 6.07) is 1.08. The molecule has 1 heterocycles. The highest BCUT2D eigenvalue weighted by Crippen LogP contribution is 2.24. The fraction of sp³-hybridized carbons (Fsp3) is 0.588. The van der Waals surface area contributed by atoms with Gasteiger partial charge in [-0.2, -0.15) is 0 Å².